The normalized spacial score (nSPS) is 19.0. The van der Waals surface area contributed by atoms with E-state index in [-0.39, 0.29) is 6.04 Å². The van der Waals surface area contributed by atoms with Crippen molar-refractivity contribution in [1.29, 1.82) is 0 Å². The van der Waals surface area contributed by atoms with E-state index in [2.05, 4.69) is 16.2 Å². The molecule has 0 amide bonds. The first kappa shape index (κ1) is 11.0. The van der Waals surface area contributed by atoms with E-state index in [1.165, 1.54) is 0 Å². The number of hydrogen-bond acceptors (Lipinski definition) is 4. The molecule has 5 nitrogen and oxygen atoms in total. The highest BCUT2D eigenvalue weighted by atomic mass is 16.5. The molecule has 0 fully saturated rings. The lowest BCUT2D eigenvalue weighted by molar-refractivity contribution is 0.366. The van der Waals surface area contributed by atoms with E-state index < -0.39 is 5.76 Å². The van der Waals surface area contributed by atoms with Gasteiger partial charge in [-0.2, -0.15) is 0 Å². The van der Waals surface area contributed by atoms with E-state index in [0.717, 1.165) is 19.3 Å². The third-order valence-corrected chi connectivity index (χ3v) is 3.09. The summed E-state index contributed by atoms with van der Waals surface area (Å²) in [7, 11) is 0. The minimum absolute atomic E-state index is 0.0227. The molecular weight excluding hydrogens is 230 g/mol. The minimum Gasteiger partial charge on any atom is -0.295 e. The topological polar surface area (TPSA) is 60.9 Å². The van der Waals surface area contributed by atoms with Crippen molar-refractivity contribution in [2.75, 3.05) is 0 Å². The Labute approximate surface area is 104 Å². The van der Waals surface area contributed by atoms with Crippen molar-refractivity contribution in [2.24, 2.45) is 0 Å². The average Bonchev–Trinajstić information content (AvgIpc) is 2.83. The SMILES string of the molecule is O=c1onc(-c2ccccn2)n1[C@@H]1C=CCCC1. The second-order valence-electron chi connectivity index (χ2n) is 4.28. The summed E-state index contributed by atoms with van der Waals surface area (Å²) in [6.07, 6.45) is 8.87. The lowest BCUT2D eigenvalue weighted by Crippen LogP contribution is -2.21. The van der Waals surface area contributed by atoms with Crippen molar-refractivity contribution >= 4 is 0 Å². The van der Waals surface area contributed by atoms with Crippen molar-refractivity contribution in [3.05, 3.63) is 47.1 Å². The second kappa shape index (κ2) is 4.60. The largest absolute Gasteiger partial charge is 0.442 e. The molecule has 0 bridgehead atoms. The Hall–Kier alpha value is -2.17. The number of hydrogen-bond donors (Lipinski definition) is 0. The van der Waals surface area contributed by atoms with E-state index >= 15 is 0 Å². The fourth-order valence-electron chi connectivity index (χ4n) is 2.22. The molecule has 0 unspecified atom stereocenters. The molecule has 2 heterocycles. The summed E-state index contributed by atoms with van der Waals surface area (Å²) in [5.74, 6) is 0.0735. The van der Waals surface area contributed by atoms with E-state index in [4.69, 9.17) is 4.52 Å². The fraction of sp³-hybridized carbons (Fsp3) is 0.308. The summed E-state index contributed by atoms with van der Waals surface area (Å²) in [5, 5.41) is 3.84. The smallest absolute Gasteiger partial charge is 0.295 e. The summed E-state index contributed by atoms with van der Waals surface area (Å²) in [4.78, 5) is 16.0. The summed E-state index contributed by atoms with van der Waals surface area (Å²) in [6.45, 7) is 0. The van der Waals surface area contributed by atoms with Crippen LogP contribution in [0.15, 0.2) is 45.9 Å². The van der Waals surface area contributed by atoms with Crippen molar-refractivity contribution in [3.8, 4) is 11.5 Å². The van der Waals surface area contributed by atoms with Gasteiger partial charge in [0.25, 0.3) is 0 Å². The zero-order valence-corrected chi connectivity index (χ0v) is 9.82. The van der Waals surface area contributed by atoms with Gasteiger partial charge >= 0.3 is 5.76 Å². The first-order chi connectivity index (χ1) is 8.86. The first-order valence-electron chi connectivity index (χ1n) is 6.02. The standard InChI is InChI=1S/C13H13N3O2/c17-13-16(10-6-2-1-3-7-10)12(15-18-13)11-8-4-5-9-14-11/h2,4-6,8-10H,1,3,7H2/t10-/m1/s1. The maximum atomic E-state index is 11.8. The van der Waals surface area contributed by atoms with Gasteiger partial charge < -0.3 is 0 Å². The zero-order chi connectivity index (χ0) is 12.4. The highest BCUT2D eigenvalue weighted by Crippen LogP contribution is 2.25. The van der Waals surface area contributed by atoms with Gasteiger partial charge in [-0.25, -0.2) is 9.36 Å². The fourth-order valence-corrected chi connectivity index (χ4v) is 2.22. The van der Waals surface area contributed by atoms with Crippen LogP contribution in [0.1, 0.15) is 25.3 Å². The molecule has 5 heteroatoms. The Kier molecular flexibility index (Phi) is 2.80. The van der Waals surface area contributed by atoms with Crippen LogP contribution in [-0.2, 0) is 0 Å². The van der Waals surface area contributed by atoms with Crippen LogP contribution in [-0.4, -0.2) is 14.7 Å². The van der Waals surface area contributed by atoms with Crippen LogP contribution in [0.2, 0.25) is 0 Å². The maximum absolute atomic E-state index is 11.8. The summed E-state index contributed by atoms with van der Waals surface area (Å²) in [5.41, 5.74) is 0.655. The van der Waals surface area contributed by atoms with Gasteiger partial charge in [-0.15, -0.1) is 0 Å². The lowest BCUT2D eigenvalue weighted by Gasteiger charge is -2.17. The molecule has 92 valence electrons. The second-order valence-corrected chi connectivity index (χ2v) is 4.28. The molecule has 0 aromatic carbocycles. The molecule has 18 heavy (non-hydrogen) atoms. The van der Waals surface area contributed by atoms with Crippen molar-refractivity contribution < 1.29 is 4.52 Å². The molecule has 0 saturated carbocycles. The molecule has 1 aliphatic carbocycles. The summed E-state index contributed by atoms with van der Waals surface area (Å²) < 4.78 is 6.37. The number of rotatable bonds is 2. The van der Waals surface area contributed by atoms with Crippen LogP contribution >= 0.6 is 0 Å². The number of nitrogens with zero attached hydrogens (tertiary/aromatic N) is 3. The van der Waals surface area contributed by atoms with Gasteiger partial charge in [0.05, 0.1) is 6.04 Å². The maximum Gasteiger partial charge on any atom is 0.442 e. The van der Waals surface area contributed by atoms with Crippen LogP contribution < -0.4 is 5.76 Å². The van der Waals surface area contributed by atoms with Gasteiger partial charge in [0, 0.05) is 6.20 Å². The predicted octanol–water partition coefficient (Wildman–Crippen LogP) is 2.18. The third-order valence-electron chi connectivity index (χ3n) is 3.09. The Balaban J connectivity index is 2.09. The quantitative estimate of drug-likeness (QED) is 0.758. The van der Waals surface area contributed by atoms with Crippen LogP contribution in [0.4, 0.5) is 0 Å². The lowest BCUT2D eigenvalue weighted by atomic mass is 10.0. The molecule has 0 N–H and O–H groups in total. The Morgan fingerprint density at radius 1 is 1.39 bits per heavy atom. The Bertz CT molecular complexity index is 613. The minimum atomic E-state index is -0.424. The van der Waals surface area contributed by atoms with Crippen molar-refractivity contribution in [2.45, 2.75) is 25.3 Å². The molecule has 2 aromatic heterocycles. The number of aromatic nitrogens is 3. The van der Waals surface area contributed by atoms with Gasteiger partial charge in [0.2, 0.25) is 5.82 Å². The Morgan fingerprint density at radius 3 is 3.06 bits per heavy atom. The van der Waals surface area contributed by atoms with E-state index in [0.29, 0.717) is 11.5 Å². The van der Waals surface area contributed by atoms with Crippen LogP contribution in [0.5, 0.6) is 0 Å². The highest BCUT2D eigenvalue weighted by Gasteiger charge is 2.21. The molecule has 0 spiro atoms. The molecule has 1 aliphatic rings. The average molecular weight is 243 g/mol. The van der Waals surface area contributed by atoms with Crippen LogP contribution in [0, 0.1) is 0 Å². The number of allylic oxidation sites excluding steroid dienone is 2. The van der Waals surface area contributed by atoms with Gasteiger partial charge in [0.1, 0.15) is 5.69 Å². The van der Waals surface area contributed by atoms with Gasteiger partial charge in [-0.1, -0.05) is 23.4 Å². The van der Waals surface area contributed by atoms with E-state index in [1.807, 2.05) is 24.3 Å². The van der Waals surface area contributed by atoms with Gasteiger partial charge in [-0.05, 0) is 31.4 Å². The third kappa shape index (κ3) is 1.88. The Morgan fingerprint density at radius 2 is 2.33 bits per heavy atom. The van der Waals surface area contributed by atoms with Crippen molar-refractivity contribution in [1.82, 2.24) is 14.7 Å². The van der Waals surface area contributed by atoms with Crippen LogP contribution in [0.3, 0.4) is 0 Å². The molecular formula is C13H13N3O2. The van der Waals surface area contributed by atoms with Gasteiger partial charge in [0.15, 0.2) is 0 Å². The zero-order valence-electron chi connectivity index (χ0n) is 9.82. The molecule has 0 aliphatic heterocycles. The van der Waals surface area contributed by atoms with Crippen LogP contribution in [0.25, 0.3) is 11.5 Å². The molecule has 2 aromatic rings. The molecule has 3 rings (SSSR count). The summed E-state index contributed by atoms with van der Waals surface area (Å²) in [6, 6.07) is 5.53. The number of pyridine rings is 1. The molecule has 1 atom stereocenters. The monoisotopic (exact) mass is 243 g/mol. The van der Waals surface area contributed by atoms with Crippen molar-refractivity contribution in [3.63, 3.8) is 0 Å². The summed E-state index contributed by atoms with van der Waals surface area (Å²) >= 11 is 0. The highest BCUT2D eigenvalue weighted by molar-refractivity contribution is 5.48. The molecule has 0 saturated heterocycles. The molecule has 0 radical (unpaired) electrons. The van der Waals surface area contributed by atoms with E-state index in [1.54, 1.807) is 10.8 Å². The predicted molar refractivity (Wildman–Crippen MR) is 66.0 cm³/mol. The first-order valence-corrected chi connectivity index (χ1v) is 6.02. The van der Waals surface area contributed by atoms with Gasteiger partial charge in [-0.3, -0.25) is 9.51 Å². The van der Waals surface area contributed by atoms with E-state index in [9.17, 15) is 4.79 Å².